The van der Waals surface area contributed by atoms with Gasteiger partial charge in [-0.1, -0.05) is 30.3 Å². The van der Waals surface area contributed by atoms with Gasteiger partial charge in [-0.3, -0.25) is 9.79 Å². The van der Waals surface area contributed by atoms with E-state index in [2.05, 4.69) is 57.9 Å². The Hall–Kier alpha value is -1.68. The minimum Gasteiger partial charge on any atom is -0.356 e. The highest BCUT2D eigenvalue weighted by atomic mass is 127. The van der Waals surface area contributed by atoms with Crippen LogP contribution in [0.15, 0.2) is 41.5 Å². The predicted molar refractivity (Wildman–Crippen MR) is 135 cm³/mol. The first-order valence-electron chi connectivity index (χ1n) is 10.3. The van der Waals surface area contributed by atoms with Gasteiger partial charge in [0.15, 0.2) is 5.96 Å². The third kappa shape index (κ3) is 7.86. The van der Waals surface area contributed by atoms with Crippen LogP contribution >= 0.6 is 35.3 Å². The number of amides is 1. The fraction of sp³-hybridized carbons (Fsp3) is 0.500. The van der Waals surface area contributed by atoms with Gasteiger partial charge in [-0.05, 0) is 37.7 Å². The van der Waals surface area contributed by atoms with Crippen molar-refractivity contribution in [2.75, 3.05) is 33.2 Å². The van der Waals surface area contributed by atoms with E-state index in [1.807, 2.05) is 11.1 Å². The Morgan fingerprint density at radius 3 is 2.60 bits per heavy atom. The molecule has 2 aromatic rings. The van der Waals surface area contributed by atoms with E-state index < -0.39 is 0 Å². The third-order valence-electron chi connectivity index (χ3n) is 5.27. The molecule has 1 saturated heterocycles. The van der Waals surface area contributed by atoms with Crippen molar-refractivity contribution in [3.05, 3.63) is 52.0 Å². The van der Waals surface area contributed by atoms with E-state index in [0.29, 0.717) is 11.9 Å². The predicted octanol–water partition coefficient (Wildman–Crippen LogP) is 3.26. The van der Waals surface area contributed by atoms with Crippen LogP contribution in [0.25, 0.3) is 0 Å². The number of aryl methyl sites for hydroxylation is 1. The summed E-state index contributed by atoms with van der Waals surface area (Å²) in [6.45, 7) is 4.76. The van der Waals surface area contributed by atoms with Crippen molar-refractivity contribution in [3.8, 4) is 0 Å². The van der Waals surface area contributed by atoms with E-state index >= 15 is 0 Å². The highest BCUT2D eigenvalue weighted by Crippen LogP contribution is 2.21. The van der Waals surface area contributed by atoms with Crippen molar-refractivity contribution in [1.29, 1.82) is 0 Å². The Labute approximate surface area is 200 Å². The lowest BCUT2D eigenvalue weighted by molar-refractivity contribution is -0.131. The van der Waals surface area contributed by atoms with Gasteiger partial charge in [0.05, 0.1) is 11.6 Å². The van der Waals surface area contributed by atoms with Gasteiger partial charge in [0.1, 0.15) is 0 Å². The molecule has 2 heterocycles. The van der Waals surface area contributed by atoms with Crippen LogP contribution in [0.1, 0.15) is 28.3 Å². The lowest BCUT2D eigenvalue weighted by Crippen LogP contribution is -2.47. The van der Waals surface area contributed by atoms with Crippen LogP contribution in [-0.4, -0.2) is 55.0 Å². The monoisotopic (exact) mass is 541 g/mol. The zero-order chi connectivity index (χ0) is 20.5. The number of rotatable bonds is 7. The Morgan fingerprint density at radius 1 is 1.23 bits per heavy atom. The molecule has 3 rings (SSSR count). The number of hydrogen-bond donors (Lipinski definition) is 2. The third-order valence-corrected chi connectivity index (χ3v) is 6.24. The molecule has 164 valence electrons. The zero-order valence-electron chi connectivity index (χ0n) is 17.8. The summed E-state index contributed by atoms with van der Waals surface area (Å²) in [6, 6.07) is 10.6. The van der Waals surface area contributed by atoms with Gasteiger partial charge >= 0.3 is 0 Å². The van der Waals surface area contributed by atoms with Gasteiger partial charge in [-0.15, -0.1) is 35.3 Å². The first-order chi connectivity index (χ1) is 14.1. The maximum absolute atomic E-state index is 12.6. The standard InChI is InChI=1S/C22H31N5OS.HI/c1-17-15-25-20(29-17)8-11-24-22(23-2)26-16-21(28)27-12-9-19(10-13-27)14-18-6-4-3-5-7-18;/h3-7,15,19H,8-14,16H2,1-2H3,(H2,23,24,26);1H. The molecule has 0 atom stereocenters. The number of aromatic nitrogens is 1. The van der Waals surface area contributed by atoms with Gasteiger partial charge in [-0.2, -0.15) is 0 Å². The molecular formula is C22H32IN5OS. The molecule has 0 aliphatic carbocycles. The summed E-state index contributed by atoms with van der Waals surface area (Å²) in [4.78, 5) is 24.3. The largest absolute Gasteiger partial charge is 0.356 e. The Morgan fingerprint density at radius 2 is 1.97 bits per heavy atom. The smallest absolute Gasteiger partial charge is 0.241 e. The van der Waals surface area contributed by atoms with E-state index in [1.54, 1.807) is 18.4 Å². The van der Waals surface area contributed by atoms with Crippen molar-refractivity contribution in [3.63, 3.8) is 0 Å². The molecule has 1 aliphatic heterocycles. The fourth-order valence-corrected chi connectivity index (χ4v) is 4.42. The average molecular weight is 542 g/mol. The first-order valence-corrected chi connectivity index (χ1v) is 11.1. The lowest BCUT2D eigenvalue weighted by Gasteiger charge is -2.32. The molecule has 0 saturated carbocycles. The molecule has 0 bridgehead atoms. The topological polar surface area (TPSA) is 69.6 Å². The molecule has 1 aromatic heterocycles. The number of nitrogens with one attached hydrogen (secondary N) is 2. The minimum absolute atomic E-state index is 0. The summed E-state index contributed by atoms with van der Waals surface area (Å²) < 4.78 is 0. The summed E-state index contributed by atoms with van der Waals surface area (Å²) in [6.07, 6.45) is 5.99. The zero-order valence-corrected chi connectivity index (χ0v) is 20.9. The van der Waals surface area contributed by atoms with Crippen molar-refractivity contribution in [2.45, 2.75) is 32.6 Å². The molecule has 0 radical (unpaired) electrons. The number of carbonyl (C=O) groups is 1. The quantitative estimate of drug-likeness (QED) is 0.321. The summed E-state index contributed by atoms with van der Waals surface area (Å²) in [7, 11) is 1.72. The minimum atomic E-state index is 0. The maximum Gasteiger partial charge on any atom is 0.241 e. The molecule has 0 unspecified atom stereocenters. The summed E-state index contributed by atoms with van der Waals surface area (Å²) in [5.74, 6) is 1.46. The number of likely N-dealkylation sites (tertiary alicyclic amines) is 1. The average Bonchev–Trinajstić information content (AvgIpc) is 3.16. The van der Waals surface area contributed by atoms with Crippen LogP contribution < -0.4 is 10.6 Å². The molecule has 1 aromatic carbocycles. The van der Waals surface area contributed by atoms with E-state index in [0.717, 1.165) is 50.3 Å². The second kappa shape index (κ2) is 12.9. The van der Waals surface area contributed by atoms with Gasteiger partial charge in [0, 0.05) is 44.2 Å². The maximum atomic E-state index is 12.6. The number of carbonyl (C=O) groups excluding carboxylic acids is 1. The second-order valence-electron chi connectivity index (χ2n) is 7.48. The molecule has 1 amide bonds. The van der Waals surface area contributed by atoms with Crippen LogP contribution in [0.5, 0.6) is 0 Å². The van der Waals surface area contributed by atoms with E-state index in [4.69, 9.17) is 0 Å². The van der Waals surface area contributed by atoms with Crippen LogP contribution in [-0.2, 0) is 17.6 Å². The first kappa shape index (κ1) is 24.6. The lowest BCUT2D eigenvalue weighted by atomic mass is 9.90. The fourth-order valence-electron chi connectivity index (χ4n) is 3.63. The summed E-state index contributed by atoms with van der Waals surface area (Å²) in [5.41, 5.74) is 1.39. The van der Waals surface area contributed by atoms with E-state index in [9.17, 15) is 4.79 Å². The SMILES string of the molecule is CN=C(NCCc1ncc(C)s1)NCC(=O)N1CCC(Cc2ccccc2)CC1.I. The van der Waals surface area contributed by atoms with Crippen molar-refractivity contribution in [2.24, 2.45) is 10.9 Å². The number of guanidine groups is 1. The molecular weight excluding hydrogens is 509 g/mol. The number of halogens is 1. The van der Waals surface area contributed by atoms with Crippen LogP contribution in [0.3, 0.4) is 0 Å². The number of piperidine rings is 1. The summed E-state index contributed by atoms with van der Waals surface area (Å²) >= 11 is 1.71. The molecule has 2 N–H and O–H groups in total. The van der Waals surface area contributed by atoms with Gasteiger partial charge < -0.3 is 15.5 Å². The Kier molecular flexibility index (Phi) is 10.6. The number of nitrogens with zero attached hydrogens (tertiary/aromatic N) is 3. The van der Waals surface area contributed by atoms with Gasteiger partial charge in [0.2, 0.25) is 5.91 Å². The Bertz CT molecular complexity index is 803. The molecule has 0 spiro atoms. The number of benzene rings is 1. The molecule has 1 fully saturated rings. The summed E-state index contributed by atoms with van der Waals surface area (Å²) in [5, 5.41) is 7.51. The second-order valence-corrected chi connectivity index (χ2v) is 8.80. The molecule has 6 nitrogen and oxygen atoms in total. The van der Waals surface area contributed by atoms with Gasteiger partial charge in [-0.25, -0.2) is 4.98 Å². The number of aliphatic imine (C=N–C) groups is 1. The molecule has 1 aliphatic rings. The molecule has 8 heteroatoms. The van der Waals surface area contributed by atoms with Crippen LogP contribution in [0.2, 0.25) is 0 Å². The van der Waals surface area contributed by atoms with E-state index in [1.165, 1.54) is 10.4 Å². The highest BCUT2D eigenvalue weighted by Gasteiger charge is 2.22. The van der Waals surface area contributed by atoms with Crippen molar-refractivity contribution in [1.82, 2.24) is 20.5 Å². The molecule has 30 heavy (non-hydrogen) atoms. The normalized spacial score (nSPS) is 14.9. The van der Waals surface area contributed by atoms with Crippen molar-refractivity contribution >= 4 is 47.2 Å². The van der Waals surface area contributed by atoms with Gasteiger partial charge in [0.25, 0.3) is 0 Å². The number of thiazole rings is 1. The van der Waals surface area contributed by atoms with Crippen molar-refractivity contribution < 1.29 is 4.79 Å². The highest BCUT2D eigenvalue weighted by molar-refractivity contribution is 14.0. The Balaban J connectivity index is 0.00000320. The van der Waals surface area contributed by atoms with Crippen LogP contribution in [0.4, 0.5) is 0 Å². The van der Waals surface area contributed by atoms with Crippen LogP contribution in [0, 0.1) is 12.8 Å². The number of hydrogen-bond acceptors (Lipinski definition) is 4. The van der Waals surface area contributed by atoms with E-state index in [-0.39, 0.29) is 36.4 Å².